The zero-order valence-corrected chi connectivity index (χ0v) is 9.76. The van der Waals surface area contributed by atoms with Crippen molar-refractivity contribution in [2.24, 2.45) is 5.73 Å². The van der Waals surface area contributed by atoms with E-state index in [4.69, 9.17) is 17.3 Å². The average molecular weight is 238 g/mol. The van der Waals surface area contributed by atoms with Gasteiger partial charge in [-0.2, -0.15) is 11.3 Å². The van der Waals surface area contributed by atoms with Crippen molar-refractivity contribution in [3.8, 4) is 0 Å². The number of benzene rings is 1. The molecule has 0 radical (unpaired) electrons. The molecular weight excluding hydrogens is 226 g/mol. The SMILES string of the molecule is NC(Cc1ccsc1)c1ccccc1Cl. The van der Waals surface area contributed by atoms with Crippen molar-refractivity contribution < 1.29 is 0 Å². The highest BCUT2D eigenvalue weighted by molar-refractivity contribution is 7.07. The monoisotopic (exact) mass is 237 g/mol. The first-order valence-electron chi connectivity index (χ1n) is 4.78. The van der Waals surface area contributed by atoms with E-state index in [2.05, 4.69) is 16.8 Å². The van der Waals surface area contributed by atoms with Gasteiger partial charge in [-0.25, -0.2) is 0 Å². The van der Waals surface area contributed by atoms with Gasteiger partial charge in [-0.3, -0.25) is 0 Å². The van der Waals surface area contributed by atoms with Crippen LogP contribution in [0.4, 0.5) is 0 Å². The Balaban J connectivity index is 2.15. The lowest BCUT2D eigenvalue weighted by molar-refractivity contribution is 0.724. The Morgan fingerprint density at radius 3 is 2.73 bits per heavy atom. The fraction of sp³-hybridized carbons (Fsp3) is 0.167. The molecular formula is C12H12ClNS. The summed E-state index contributed by atoms with van der Waals surface area (Å²) >= 11 is 7.77. The van der Waals surface area contributed by atoms with Gasteiger partial charge in [0.05, 0.1) is 0 Å². The highest BCUT2D eigenvalue weighted by Gasteiger charge is 2.10. The Bertz CT molecular complexity index is 425. The number of halogens is 1. The molecule has 0 aliphatic carbocycles. The Kier molecular flexibility index (Phi) is 3.41. The molecule has 1 nitrogen and oxygen atoms in total. The molecule has 2 aromatic rings. The second kappa shape index (κ2) is 4.79. The van der Waals surface area contributed by atoms with Gasteiger partial charge in [0, 0.05) is 11.1 Å². The van der Waals surface area contributed by atoms with Crippen LogP contribution in [0.1, 0.15) is 17.2 Å². The standard InChI is InChI=1S/C12H12ClNS/c13-11-4-2-1-3-10(11)12(14)7-9-5-6-15-8-9/h1-6,8,12H,7,14H2. The molecule has 1 heterocycles. The smallest absolute Gasteiger partial charge is 0.0453 e. The predicted molar refractivity (Wildman–Crippen MR) is 66.4 cm³/mol. The first kappa shape index (κ1) is 10.7. The summed E-state index contributed by atoms with van der Waals surface area (Å²) in [7, 11) is 0. The summed E-state index contributed by atoms with van der Waals surface area (Å²) in [6.07, 6.45) is 0.841. The lowest BCUT2D eigenvalue weighted by atomic mass is 10.0. The third-order valence-electron chi connectivity index (χ3n) is 2.34. The number of rotatable bonds is 3. The van der Waals surface area contributed by atoms with E-state index in [-0.39, 0.29) is 6.04 Å². The Morgan fingerprint density at radius 2 is 2.07 bits per heavy atom. The fourth-order valence-corrected chi connectivity index (χ4v) is 2.51. The number of hydrogen-bond donors (Lipinski definition) is 1. The van der Waals surface area contributed by atoms with Gasteiger partial charge in [-0.15, -0.1) is 0 Å². The first-order valence-corrected chi connectivity index (χ1v) is 6.10. The van der Waals surface area contributed by atoms with Gasteiger partial charge in [-0.1, -0.05) is 29.8 Å². The normalized spacial score (nSPS) is 12.7. The second-order valence-corrected chi connectivity index (χ2v) is 4.65. The Hall–Kier alpha value is -0.830. The van der Waals surface area contributed by atoms with E-state index in [0.717, 1.165) is 17.0 Å². The molecule has 15 heavy (non-hydrogen) atoms. The van der Waals surface area contributed by atoms with E-state index in [9.17, 15) is 0 Å². The molecule has 0 aliphatic heterocycles. The molecule has 0 fully saturated rings. The second-order valence-electron chi connectivity index (χ2n) is 3.46. The summed E-state index contributed by atoms with van der Waals surface area (Å²) in [6, 6.07) is 9.83. The lowest BCUT2D eigenvalue weighted by Crippen LogP contribution is -2.13. The van der Waals surface area contributed by atoms with Crippen LogP contribution in [0.15, 0.2) is 41.1 Å². The van der Waals surface area contributed by atoms with E-state index in [1.807, 2.05) is 24.3 Å². The van der Waals surface area contributed by atoms with E-state index < -0.39 is 0 Å². The maximum atomic E-state index is 6.11. The van der Waals surface area contributed by atoms with Crippen molar-refractivity contribution >= 4 is 22.9 Å². The molecule has 1 unspecified atom stereocenters. The van der Waals surface area contributed by atoms with E-state index >= 15 is 0 Å². The topological polar surface area (TPSA) is 26.0 Å². The molecule has 0 saturated carbocycles. The molecule has 0 amide bonds. The Morgan fingerprint density at radius 1 is 1.27 bits per heavy atom. The van der Waals surface area contributed by atoms with Crippen molar-refractivity contribution in [2.75, 3.05) is 0 Å². The molecule has 1 aromatic heterocycles. The van der Waals surface area contributed by atoms with Crippen LogP contribution in [0.2, 0.25) is 5.02 Å². The van der Waals surface area contributed by atoms with Gasteiger partial charge in [-0.05, 0) is 40.4 Å². The third-order valence-corrected chi connectivity index (χ3v) is 3.42. The Labute approximate surface area is 98.5 Å². The van der Waals surface area contributed by atoms with E-state index in [1.54, 1.807) is 11.3 Å². The number of thiophene rings is 1. The summed E-state index contributed by atoms with van der Waals surface area (Å²) in [6.45, 7) is 0. The number of hydrogen-bond acceptors (Lipinski definition) is 2. The van der Waals surface area contributed by atoms with Gasteiger partial charge in [0.25, 0.3) is 0 Å². The largest absolute Gasteiger partial charge is 0.324 e. The highest BCUT2D eigenvalue weighted by atomic mass is 35.5. The molecule has 1 aromatic carbocycles. The van der Waals surface area contributed by atoms with Crippen LogP contribution in [-0.4, -0.2) is 0 Å². The molecule has 2 rings (SSSR count). The fourth-order valence-electron chi connectivity index (χ4n) is 1.55. The molecule has 0 aliphatic rings. The molecule has 0 saturated heterocycles. The quantitative estimate of drug-likeness (QED) is 0.867. The molecule has 0 spiro atoms. The third kappa shape index (κ3) is 2.59. The zero-order chi connectivity index (χ0) is 10.7. The predicted octanol–water partition coefficient (Wildman–Crippen LogP) is 3.64. The zero-order valence-electron chi connectivity index (χ0n) is 8.19. The summed E-state index contributed by atoms with van der Waals surface area (Å²) < 4.78 is 0. The van der Waals surface area contributed by atoms with Crippen molar-refractivity contribution in [2.45, 2.75) is 12.5 Å². The average Bonchev–Trinajstić information content (AvgIpc) is 2.71. The van der Waals surface area contributed by atoms with Crippen LogP contribution < -0.4 is 5.73 Å². The van der Waals surface area contributed by atoms with Crippen LogP contribution >= 0.6 is 22.9 Å². The van der Waals surface area contributed by atoms with Crippen LogP contribution in [0.5, 0.6) is 0 Å². The summed E-state index contributed by atoms with van der Waals surface area (Å²) in [4.78, 5) is 0. The summed E-state index contributed by atoms with van der Waals surface area (Å²) in [5, 5.41) is 4.94. The maximum absolute atomic E-state index is 6.11. The van der Waals surface area contributed by atoms with Gasteiger partial charge in [0.1, 0.15) is 0 Å². The van der Waals surface area contributed by atoms with Crippen LogP contribution in [0.25, 0.3) is 0 Å². The van der Waals surface area contributed by atoms with E-state index in [1.165, 1.54) is 5.56 Å². The molecule has 3 heteroatoms. The van der Waals surface area contributed by atoms with Crippen LogP contribution in [0, 0.1) is 0 Å². The van der Waals surface area contributed by atoms with Crippen molar-refractivity contribution in [3.05, 3.63) is 57.2 Å². The minimum Gasteiger partial charge on any atom is -0.324 e. The maximum Gasteiger partial charge on any atom is 0.0453 e. The molecule has 0 bridgehead atoms. The van der Waals surface area contributed by atoms with E-state index in [0.29, 0.717) is 0 Å². The van der Waals surface area contributed by atoms with Crippen molar-refractivity contribution in [1.82, 2.24) is 0 Å². The van der Waals surface area contributed by atoms with Crippen LogP contribution in [0.3, 0.4) is 0 Å². The minimum atomic E-state index is -0.0201. The van der Waals surface area contributed by atoms with Crippen molar-refractivity contribution in [3.63, 3.8) is 0 Å². The van der Waals surface area contributed by atoms with Crippen LogP contribution in [-0.2, 0) is 6.42 Å². The summed E-state index contributed by atoms with van der Waals surface area (Å²) in [5.41, 5.74) is 8.40. The number of nitrogens with two attached hydrogens (primary N) is 1. The van der Waals surface area contributed by atoms with Gasteiger partial charge < -0.3 is 5.73 Å². The molecule has 1 atom stereocenters. The van der Waals surface area contributed by atoms with Gasteiger partial charge >= 0.3 is 0 Å². The minimum absolute atomic E-state index is 0.0201. The van der Waals surface area contributed by atoms with Gasteiger partial charge in [0.15, 0.2) is 0 Å². The lowest BCUT2D eigenvalue weighted by Gasteiger charge is -2.12. The first-order chi connectivity index (χ1) is 7.27. The highest BCUT2D eigenvalue weighted by Crippen LogP contribution is 2.24. The molecule has 2 N–H and O–H groups in total. The summed E-state index contributed by atoms with van der Waals surface area (Å²) in [5.74, 6) is 0. The van der Waals surface area contributed by atoms with Crippen molar-refractivity contribution in [1.29, 1.82) is 0 Å². The van der Waals surface area contributed by atoms with Gasteiger partial charge in [0.2, 0.25) is 0 Å². The molecule has 78 valence electrons.